The van der Waals surface area contributed by atoms with Crippen LogP contribution in [0.4, 0.5) is 5.69 Å². The molecule has 0 amide bonds. The van der Waals surface area contributed by atoms with Gasteiger partial charge in [-0.25, -0.2) is 0 Å². The van der Waals surface area contributed by atoms with Crippen LogP contribution in [0, 0.1) is 6.92 Å². The van der Waals surface area contributed by atoms with Crippen LogP contribution < -0.4 is 16.2 Å². The molecular formula is C17H23N3O. The summed E-state index contributed by atoms with van der Waals surface area (Å²) < 4.78 is 1.74. The van der Waals surface area contributed by atoms with Crippen molar-refractivity contribution in [1.29, 1.82) is 0 Å². The van der Waals surface area contributed by atoms with Gasteiger partial charge in [-0.2, -0.15) is 0 Å². The molecule has 1 aromatic heterocycles. The number of anilines is 1. The Morgan fingerprint density at radius 3 is 2.52 bits per heavy atom. The second-order valence-corrected chi connectivity index (χ2v) is 5.20. The first kappa shape index (κ1) is 15.3. The van der Waals surface area contributed by atoms with Crippen LogP contribution in [-0.2, 0) is 6.54 Å². The summed E-state index contributed by atoms with van der Waals surface area (Å²) in [4.78, 5) is 14.0. The number of aromatic nitrogens is 1. The lowest BCUT2D eigenvalue weighted by atomic mass is 10.2. The van der Waals surface area contributed by atoms with E-state index in [2.05, 4.69) is 36.1 Å². The maximum atomic E-state index is 11.8. The van der Waals surface area contributed by atoms with Crippen molar-refractivity contribution in [3.8, 4) is 0 Å². The fourth-order valence-electron chi connectivity index (χ4n) is 2.28. The van der Waals surface area contributed by atoms with Crippen LogP contribution >= 0.6 is 0 Å². The van der Waals surface area contributed by atoms with Crippen LogP contribution in [0.15, 0.2) is 53.5 Å². The minimum atomic E-state index is 0.0418. The summed E-state index contributed by atoms with van der Waals surface area (Å²) in [5.74, 6) is 0. The molecule has 2 N–H and O–H groups in total. The van der Waals surface area contributed by atoms with Gasteiger partial charge in [0.1, 0.15) is 0 Å². The molecule has 4 heteroatoms. The van der Waals surface area contributed by atoms with Gasteiger partial charge in [-0.3, -0.25) is 4.79 Å². The number of rotatable bonds is 7. The van der Waals surface area contributed by atoms with Gasteiger partial charge in [0.05, 0.1) is 0 Å². The van der Waals surface area contributed by atoms with Crippen LogP contribution in [0.2, 0.25) is 0 Å². The monoisotopic (exact) mass is 285 g/mol. The Morgan fingerprint density at radius 2 is 1.86 bits per heavy atom. The molecule has 0 atom stereocenters. The van der Waals surface area contributed by atoms with Gasteiger partial charge in [-0.15, -0.1) is 0 Å². The van der Waals surface area contributed by atoms with Crippen molar-refractivity contribution >= 4 is 5.69 Å². The molecule has 0 aliphatic carbocycles. The van der Waals surface area contributed by atoms with E-state index in [4.69, 9.17) is 5.73 Å². The van der Waals surface area contributed by atoms with E-state index >= 15 is 0 Å². The Hall–Kier alpha value is -2.07. The van der Waals surface area contributed by atoms with Crippen molar-refractivity contribution in [2.75, 3.05) is 24.5 Å². The molecule has 2 rings (SSSR count). The van der Waals surface area contributed by atoms with E-state index in [9.17, 15) is 4.79 Å². The summed E-state index contributed by atoms with van der Waals surface area (Å²) in [5, 5.41) is 0. The number of benzene rings is 1. The van der Waals surface area contributed by atoms with E-state index in [0.717, 1.165) is 19.5 Å². The topological polar surface area (TPSA) is 51.3 Å². The van der Waals surface area contributed by atoms with E-state index in [1.807, 2.05) is 12.3 Å². The number of hydrogen-bond acceptors (Lipinski definition) is 3. The SMILES string of the molecule is Cc1ccc(N(CCCN)CCn2ccccc2=O)cc1. The predicted molar refractivity (Wildman–Crippen MR) is 87.8 cm³/mol. The van der Waals surface area contributed by atoms with Crippen molar-refractivity contribution in [2.45, 2.75) is 19.9 Å². The van der Waals surface area contributed by atoms with E-state index in [0.29, 0.717) is 13.1 Å². The van der Waals surface area contributed by atoms with Crippen LogP contribution in [0.3, 0.4) is 0 Å². The number of hydrogen-bond donors (Lipinski definition) is 1. The molecular weight excluding hydrogens is 262 g/mol. The molecule has 0 aliphatic rings. The minimum absolute atomic E-state index is 0.0418. The fraction of sp³-hybridized carbons (Fsp3) is 0.353. The molecule has 0 unspecified atom stereocenters. The molecule has 0 radical (unpaired) electrons. The molecule has 0 saturated heterocycles. The average molecular weight is 285 g/mol. The van der Waals surface area contributed by atoms with Crippen molar-refractivity contribution in [2.24, 2.45) is 5.73 Å². The maximum absolute atomic E-state index is 11.8. The average Bonchev–Trinajstić information content (AvgIpc) is 2.50. The van der Waals surface area contributed by atoms with Gasteiger partial charge in [0.2, 0.25) is 0 Å². The van der Waals surface area contributed by atoms with Crippen LogP contribution in [0.5, 0.6) is 0 Å². The van der Waals surface area contributed by atoms with Crippen LogP contribution in [-0.4, -0.2) is 24.2 Å². The third-order valence-corrected chi connectivity index (χ3v) is 3.54. The van der Waals surface area contributed by atoms with Crippen molar-refractivity contribution in [1.82, 2.24) is 4.57 Å². The Kier molecular flexibility index (Phi) is 5.58. The van der Waals surface area contributed by atoms with Crippen LogP contribution in [0.1, 0.15) is 12.0 Å². The standard InChI is InChI=1S/C17H23N3O/c1-15-6-8-16(9-7-15)19(12-4-10-18)13-14-20-11-3-2-5-17(20)21/h2-3,5-9,11H,4,10,12-14,18H2,1H3. The highest BCUT2D eigenvalue weighted by atomic mass is 16.1. The van der Waals surface area contributed by atoms with Crippen molar-refractivity contribution in [3.63, 3.8) is 0 Å². The number of nitrogens with zero attached hydrogens (tertiary/aromatic N) is 2. The smallest absolute Gasteiger partial charge is 0.250 e. The lowest BCUT2D eigenvalue weighted by Crippen LogP contribution is -2.32. The number of pyridine rings is 1. The lowest BCUT2D eigenvalue weighted by molar-refractivity contribution is 0.627. The third-order valence-electron chi connectivity index (χ3n) is 3.54. The summed E-state index contributed by atoms with van der Waals surface area (Å²) >= 11 is 0. The van der Waals surface area contributed by atoms with E-state index in [1.54, 1.807) is 16.7 Å². The Bertz CT molecular complexity index is 604. The summed E-state index contributed by atoms with van der Waals surface area (Å²) in [7, 11) is 0. The fourth-order valence-corrected chi connectivity index (χ4v) is 2.28. The Morgan fingerprint density at radius 1 is 1.10 bits per heavy atom. The molecule has 0 saturated carbocycles. The third kappa shape index (κ3) is 4.46. The summed E-state index contributed by atoms with van der Waals surface area (Å²) in [6.45, 7) is 5.14. The van der Waals surface area contributed by atoms with Gasteiger partial charge in [-0.1, -0.05) is 23.8 Å². The highest BCUT2D eigenvalue weighted by molar-refractivity contribution is 5.47. The van der Waals surface area contributed by atoms with Gasteiger partial charge in [0.25, 0.3) is 5.56 Å². The Balaban J connectivity index is 2.07. The first-order valence-electron chi connectivity index (χ1n) is 7.38. The van der Waals surface area contributed by atoms with Crippen LogP contribution in [0.25, 0.3) is 0 Å². The predicted octanol–water partition coefficient (Wildman–Crippen LogP) is 2.01. The normalized spacial score (nSPS) is 10.6. The van der Waals surface area contributed by atoms with Crippen molar-refractivity contribution < 1.29 is 0 Å². The van der Waals surface area contributed by atoms with E-state index < -0.39 is 0 Å². The van der Waals surface area contributed by atoms with Gasteiger partial charge in [0, 0.05) is 37.6 Å². The molecule has 0 aliphatic heterocycles. The lowest BCUT2D eigenvalue weighted by Gasteiger charge is -2.25. The molecule has 0 bridgehead atoms. The molecule has 1 aromatic carbocycles. The molecule has 4 nitrogen and oxygen atoms in total. The van der Waals surface area contributed by atoms with Crippen molar-refractivity contribution in [3.05, 3.63) is 64.6 Å². The first-order valence-corrected chi connectivity index (χ1v) is 7.38. The van der Waals surface area contributed by atoms with Gasteiger partial charge in [0.15, 0.2) is 0 Å². The minimum Gasteiger partial charge on any atom is -0.370 e. The quantitative estimate of drug-likeness (QED) is 0.846. The highest BCUT2D eigenvalue weighted by Crippen LogP contribution is 2.15. The maximum Gasteiger partial charge on any atom is 0.250 e. The molecule has 1 heterocycles. The van der Waals surface area contributed by atoms with Gasteiger partial charge < -0.3 is 15.2 Å². The largest absolute Gasteiger partial charge is 0.370 e. The Labute approximate surface area is 125 Å². The second-order valence-electron chi connectivity index (χ2n) is 5.20. The molecule has 0 fully saturated rings. The summed E-state index contributed by atoms with van der Waals surface area (Å²) in [6, 6.07) is 13.7. The second kappa shape index (κ2) is 7.64. The zero-order chi connectivity index (χ0) is 15.1. The highest BCUT2D eigenvalue weighted by Gasteiger charge is 2.06. The van der Waals surface area contributed by atoms with E-state index in [1.165, 1.54) is 11.3 Å². The number of aryl methyl sites for hydroxylation is 1. The first-order chi connectivity index (χ1) is 10.2. The zero-order valence-electron chi connectivity index (χ0n) is 12.5. The van der Waals surface area contributed by atoms with Gasteiger partial charge in [-0.05, 0) is 38.1 Å². The number of nitrogens with two attached hydrogens (primary N) is 1. The van der Waals surface area contributed by atoms with E-state index in [-0.39, 0.29) is 5.56 Å². The van der Waals surface area contributed by atoms with Gasteiger partial charge >= 0.3 is 0 Å². The summed E-state index contributed by atoms with van der Waals surface area (Å²) in [6.07, 6.45) is 2.77. The molecule has 0 spiro atoms. The zero-order valence-corrected chi connectivity index (χ0v) is 12.5. The molecule has 2 aromatic rings. The molecule has 21 heavy (non-hydrogen) atoms. The summed E-state index contributed by atoms with van der Waals surface area (Å²) in [5.41, 5.74) is 8.10. The molecule has 112 valence electrons.